The number of carbonyl (C=O) groups excluding carboxylic acids is 1. The minimum absolute atomic E-state index is 0.123. The van der Waals surface area contributed by atoms with Gasteiger partial charge in [0.05, 0.1) is 5.56 Å². The molecular formula is C23H15ClF2N2O2S. The lowest BCUT2D eigenvalue weighted by Gasteiger charge is -2.08. The molecule has 0 unspecified atom stereocenters. The van der Waals surface area contributed by atoms with E-state index in [-0.39, 0.29) is 23.8 Å². The molecule has 0 aliphatic carbocycles. The number of anilines is 1. The molecule has 0 spiro atoms. The van der Waals surface area contributed by atoms with E-state index in [1.54, 1.807) is 53.9 Å². The minimum atomic E-state index is -0.650. The fraction of sp³-hybridized carbons (Fsp3) is 0.0435. The highest BCUT2D eigenvalue weighted by atomic mass is 35.5. The first-order chi connectivity index (χ1) is 15.0. The van der Waals surface area contributed by atoms with Crippen molar-refractivity contribution < 1.29 is 18.3 Å². The van der Waals surface area contributed by atoms with Gasteiger partial charge in [-0.25, -0.2) is 13.8 Å². The normalized spacial score (nSPS) is 10.7. The van der Waals surface area contributed by atoms with Crippen molar-refractivity contribution in [2.75, 3.05) is 5.32 Å². The van der Waals surface area contributed by atoms with Crippen LogP contribution in [0.25, 0.3) is 10.6 Å². The summed E-state index contributed by atoms with van der Waals surface area (Å²) in [4.78, 5) is 16.8. The minimum Gasteiger partial charge on any atom is -0.489 e. The van der Waals surface area contributed by atoms with Gasteiger partial charge in [0.1, 0.15) is 34.7 Å². The first kappa shape index (κ1) is 21.0. The molecule has 3 aromatic carbocycles. The van der Waals surface area contributed by atoms with Gasteiger partial charge in [-0.05, 0) is 54.6 Å². The van der Waals surface area contributed by atoms with Gasteiger partial charge >= 0.3 is 0 Å². The summed E-state index contributed by atoms with van der Waals surface area (Å²) >= 11 is 7.26. The Hall–Kier alpha value is -3.29. The van der Waals surface area contributed by atoms with Crippen molar-refractivity contribution in [3.05, 3.63) is 100 Å². The number of hydrogen-bond acceptors (Lipinski definition) is 4. The second kappa shape index (κ2) is 9.24. The molecule has 0 fully saturated rings. The Morgan fingerprint density at radius 3 is 2.45 bits per heavy atom. The van der Waals surface area contributed by atoms with Crippen molar-refractivity contribution >= 4 is 34.5 Å². The van der Waals surface area contributed by atoms with Crippen LogP contribution in [0.4, 0.5) is 14.5 Å². The summed E-state index contributed by atoms with van der Waals surface area (Å²) < 4.78 is 32.9. The molecule has 0 saturated carbocycles. The molecule has 0 bridgehead atoms. The van der Waals surface area contributed by atoms with E-state index >= 15 is 0 Å². The Morgan fingerprint density at radius 2 is 1.74 bits per heavy atom. The molecule has 0 atom stereocenters. The summed E-state index contributed by atoms with van der Waals surface area (Å²) in [6, 6.07) is 17.4. The van der Waals surface area contributed by atoms with Crippen molar-refractivity contribution in [3.63, 3.8) is 0 Å². The molecule has 1 amide bonds. The van der Waals surface area contributed by atoms with Crippen LogP contribution in [-0.4, -0.2) is 10.9 Å². The number of carbonyl (C=O) groups is 1. The zero-order valence-electron chi connectivity index (χ0n) is 15.9. The van der Waals surface area contributed by atoms with Gasteiger partial charge in [-0.15, -0.1) is 11.3 Å². The lowest BCUT2D eigenvalue weighted by Crippen LogP contribution is -2.12. The van der Waals surface area contributed by atoms with Crippen LogP contribution in [0.1, 0.15) is 16.1 Å². The fourth-order valence-corrected chi connectivity index (χ4v) is 3.79. The SMILES string of the molecule is O=C(Nc1cccc(Cl)c1)c1csc(-c2ccc(OCc3c(F)cccc3F)cc2)n1. The first-order valence-electron chi connectivity index (χ1n) is 9.18. The van der Waals surface area contributed by atoms with Gasteiger partial charge in [0.15, 0.2) is 0 Å². The van der Waals surface area contributed by atoms with Gasteiger partial charge in [0, 0.05) is 21.7 Å². The topological polar surface area (TPSA) is 51.2 Å². The third kappa shape index (κ3) is 5.07. The summed E-state index contributed by atoms with van der Waals surface area (Å²) in [5.74, 6) is -1.18. The maximum atomic E-state index is 13.7. The number of nitrogens with zero attached hydrogens (tertiary/aromatic N) is 1. The Labute approximate surface area is 186 Å². The molecular weight excluding hydrogens is 442 g/mol. The Balaban J connectivity index is 1.41. The lowest BCUT2D eigenvalue weighted by atomic mass is 10.2. The molecule has 4 aromatic rings. The first-order valence-corrected chi connectivity index (χ1v) is 10.4. The average molecular weight is 457 g/mol. The molecule has 8 heteroatoms. The second-order valence-electron chi connectivity index (χ2n) is 6.52. The summed E-state index contributed by atoms with van der Waals surface area (Å²) in [6.45, 7) is -0.219. The van der Waals surface area contributed by atoms with Crippen LogP contribution in [0.2, 0.25) is 5.02 Å². The van der Waals surface area contributed by atoms with Gasteiger partial charge in [-0.3, -0.25) is 4.79 Å². The zero-order chi connectivity index (χ0) is 21.8. The van der Waals surface area contributed by atoms with E-state index in [9.17, 15) is 13.6 Å². The van der Waals surface area contributed by atoms with Crippen LogP contribution in [0.5, 0.6) is 5.75 Å². The standard InChI is InChI=1S/C23H15ClF2N2O2S/c24-15-3-1-4-16(11-15)27-22(29)21-13-31-23(28-21)14-7-9-17(10-8-14)30-12-18-19(25)5-2-6-20(18)26/h1-11,13H,12H2,(H,27,29). The lowest BCUT2D eigenvalue weighted by molar-refractivity contribution is 0.102. The number of halogens is 3. The van der Waals surface area contributed by atoms with Gasteiger partial charge in [-0.2, -0.15) is 0 Å². The third-order valence-electron chi connectivity index (χ3n) is 4.37. The van der Waals surface area contributed by atoms with E-state index in [0.29, 0.717) is 21.5 Å². The van der Waals surface area contributed by atoms with E-state index < -0.39 is 11.6 Å². The number of thiazole rings is 1. The molecule has 1 heterocycles. The van der Waals surface area contributed by atoms with Crippen LogP contribution < -0.4 is 10.1 Å². The molecule has 0 aliphatic heterocycles. The van der Waals surface area contributed by atoms with Crippen molar-refractivity contribution in [2.45, 2.75) is 6.61 Å². The molecule has 4 nitrogen and oxygen atoms in total. The third-order valence-corrected chi connectivity index (χ3v) is 5.49. The van der Waals surface area contributed by atoms with E-state index in [0.717, 1.165) is 5.56 Å². The Bertz CT molecular complexity index is 1210. The largest absolute Gasteiger partial charge is 0.489 e. The van der Waals surface area contributed by atoms with Crippen molar-refractivity contribution in [3.8, 4) is 16.3 Å². The van der Waals surface area contributed by atoms with Gasteiger partial charge in [0.2, 0.25) is 0 Å². The number of amides is 1. The van der Waals surface area contributed by atoms with E-state index in [4.69, 9.17) is 16.3 Å². The summed E-state index contributed by atoms with van der Waals surface area (Å²) in [5, 5.41) is 5.60. The van der Waals surface area contributed by atoms with Crippen LogP contribution >= 0.6 is 22.9 Å². The maximum absolute atomic E-state index is 13.7. The summed E-state index contributed by atoms with van der Waals surface area (Å²) in [7, 11) is 0. The van der Waals surface area contributed by atoms with Crippen LogP contribution in [0.15, 0.2) is 72.1 Å². The molecule has 1 N–H and O–H groups in total. The number of nitrogens with one attached hydrogen (secondary N) is 1. The van der Waals surface area contributed by atoms with E-state index in [1.807, 2.05) is 0 Å². The van der Waals surface area contributed by atoms with Crippen molar-refractivity contribution in [1.29, 1.82) is 0 Å². The van der Waals surface area contributed by atoms with Gasteiger partial charge in [-0.1, -0.05) is 23.7 Å². The van der Waals surface area contributed by atoms with Gasteiger partial charge in [0.25, 0.3) is 5.91 Å². The molecule has 31 heavy (non-hydrogen) atoms. The number of benzene rings is 3. The second-order valence-corrected chi connectivity index (χ2v) is 7.81. The molecule has 0 saturated heterocycles. The molecule has 0 radical (unpaired) electrons. The zero-order valence-corrected chi connectivity index (χ0v) is 17.5. The van der Waals surface area contributed by atoms with E-state index in [1.165, 1.54) is 29.5 Å². The monoisotopic (exact) mass is 456 g/mol. The number of hydrogen-bond donors (Lipinski definition) is 1. The predicted molar refractivity (Wildman–Crippen MR) is 118 cm³/mol. The summed E-state index contributed by atoms with van der Waals surface area (Å²) in [6.07, 6.45) is 0. The van der Waals surface area contributed by atoms with E-state index in [2.05, 4.69) is 10.3 Å². The highest BCUT2D eigenvalue weighted by Gasteiger charge is 2.13. The van der Waals surface area contributed by atoms with Crippen LogP contribution in [-0.2, 0) is 6.61 Å². The maximum Gasteiger partial charge on any atom is 0.275 e. The highest BCUT2D eigenvalue weighted by molar-refractivity contribution is 7.13. The molecule has 156 valence electrons. The van der Waals surface area contributed by atoms with Crippen molar-refractivity contribution in [1.82, 2.24) is 4.98 Å². The number of aromatic nitrogens is 1. The Kier molecular flexibility index (Phi) is 6.25. The highest BCUT2D eigenvalue weighted by Crippen LogP contribution is 2.27. The van der Waals surface area contributed by atoms with Crippen molar-refractivity contribution in [2.24, 2.45) is 0 Å². The average Bonchev–Trinajstić information content (AvgIpc) is 3.24. The molecule has 0 aliphatic rings. The molecule has 4 rings (SSSR count). The quantitative estimate of drug-likeness (QED) is 0.357. The van der Waals surface area contributed by atoms with Gasteiger partial charge < -0.3 is 10.1 Å². The number of ether oxygens (including phenoxy) is 1. The Morgan fingerprint density at radius 1 is 1.03 bits per heavy atom. The van der Waals surface area contributed by atoms with Crippen LogP contribution in [0, 0.1) is 11.6 Å². The fourth-order valence-electron chi connectivity index (χ4n) is 2.79. The number of rotatable bonds is 6. The summed E-state index contributed by atoms with van der Waals surface area (Å²) in [5.41, 5.74) is 1.54. The van der Waals surface area contributed by atoms with Crippen LogP contribution in [0.3, 0.4) is 0 Å². The molecule has 1 aromatic heterocycles. The smallest absolute Gasteiger partial charge is 0.275 e. The predicted octanol–water partition coefficient (Wildman–Crippen LogP) is 6.57.